The summed E-state index contributed by atoms with van der Waals surface area (Å²) in [6.45, 7) is 1.33. The summed E-state index contributed by atoms with van der Waals surface area (Å²) in [7, 11) is 4.45. The van der Waals surface area contributed by atoms with E-state index >= 15 is 0 Å². The third-order valence-electron chi connectivity index (χ3n) is 1.39. The summed E-state index contributed by atoms with van der Waals surface area (Å²) < 4.78 is 19.9. The van der Waals surface area contributed by atoms with Crippen molar-refractivity contribution in [2.24, 2.45) is 0 Å². The molecular weight excluding hydrogens is 200 g/mol. The van der Waals surface area contributed by atoms with Gasteiger partial charge in [0.1, 0.15) is 0 Å². The SMILES string of the molecule is C[O][Ti]([CH2]OC(C)=O)([O]C)[O]C. The van der Waals surface area contributed by atoms with Crippen molar-refractivity contribution in [3.8, 4) is 0 Å². The maximum atomic E-state index is 10.5. The number of carbonyl (C=O) groups excluding carboxylic acids is 1. The molecular formula is C6H14O5Ti. The molecule has 0 aromatic rings. The van der Waals surface area contributed by atoms with E-state index in [0.717, 1.165) is 0 Å². The van der Waals surface area contributed by atoms with Gasteiger partial charge in [-0.1, -0.05) is 0 Å². The fraction of sp³-hybridized carbons (Fsp3) is 0.833. The van der Waals surface area contributed by atoms with Gasteiger partial charge in [-0.15, -0.1) is 0 Å². The third kappa shape index (κ3) is 3.64. The zero-order valence-electron chi connectivity index (χ0n) is 7.75. The molecule has 0 radical (unpaired) electrons. The third-order valence-corrected chi connectivity index (χ3v) is 5.08. The first-order valence-corrected chi connectivity index (χ1v) is 6.40. The van der Waals surface area contributed by atoms with Crippen LogP contribution in [-0.4, -0.2) is 32.2 Å². The molecule has 0 atom stereocenters. The molecule has 12 heavy (non-hydrogen) atoms. The van der Waals surface area contributed by atoms with E-state index in [4.69, 9.17) is 14.7 Å². The topological polar surface area (TPSA) is 54.0 Å². The molecule has 0 spiro atoms. The van der Waals surface area contributed by atoms with E-state index in [-0.39, 0.29) is 10.9 Å². The molecule has 0 aliphatic rings. The number of carbonyl (C=O) groups is 1. The van der Waals surface area contributed by atoms with E-state index in [2.05, 4.69) is 0 Å². The van der Waals surface area contributed by atoms with Crippen molar-refractivity contribution in [1.82, 2.24) is 0 Å². The summed E-state index contributed by atoms with van der Waals surface area (Å²) in [5.74, 6) is -0.365. The van der Waals surface area contributed by atoms with Gasteiger partial charge in [0, 0.05) is 0 Å². The van der Waals surface area contributed by atoms with Crippen LogP contribution in [0.15, 0.2) is 0 Å². The zero-order chi connectivity index (χ0) is 9.61. The first-order chi connectivity index (χ1) is 5.60. The Morgan fingerprint density at radius 2 is 1.58 bits per heavy atom. The standard InChI is InChI=1S/C3H5O2.3CH3O.Ti/c1-3(4)5-2;3*1-2;/h2H2,1H3;3*1H3;/q;3*-1;+3. The first-order valence-electron chi connectivity index (χ1n) is 3.39. The van der Waals surface area contributed by atoms with E-state index in [0.29, 0.717) is 0 Å². The van der Waals surface area contributed by atoms with Crippen LogP contribution in [-0.2, 0) is 37.2 Å². The van der Waals surface area contributed by atoms with Crippen molar-refractivity contribution in [1.29, 1.82) is 0 Å². The second-order valence-electron chi connectivity index (χ2n) is 2.08. The van der Waals surface area contributed by atoms with Gasteiger partial charge in [-0.2, -0.15) is 0 Å². The Bertz CT molecular complexity index is 137. The summed E-state index contributed by atoms with van der Waals surface area (Å²) in [6, 6.07) is 0. The fourth-order valence-electron chi connectivity index (χ4n) is 0.617. The summed E-state index contributed by atoms with van der Waals surface area (Å²) >= 11 is -3.23. The first kappa shape index (κ1) is 12.1. The normalized spacial score (nSPS) is 11.3. The molecule has 0 aliphatic heterocycles. The van der Waals surface area contributed by atoms with E-state index < -0.39 is 17.8 Å². The van der Waals surface area contributed by atoms with E-state index in [1.165, 1.54) is 28.3 Å². The van der Waals surface area contributed by atoms with Crippen LogP contribution < -0.4 is 0 Å². The van der Waals surface area contributed by atoms with Gasteiger partial charge in [0.05, 0.1) is 0 Å². The van der Waals surface area contributed by atoms with E-state index in [1.54, 1.807) is 0 Å². The van der Waals surface area contributed by atoms with Crippen LogP contribution in [0.2, 0.25) is 0 Å². The summed E-state index contributed by atoms with van der Waals surface area (Å²) in [4.78, 5) is 10.6. The predicted molar refractivity (Wildman–Crippen MR) is 37.7 cm³/mol. The number of hydrogen-bond acceptors (Lipinski definition) is 5. The summed E-state index contributed by atoms with van der Waals surface area (Å²) in [5, 5.41) is 0. The molecule has 0 amide bonds. The van der Waals surface area contributed by atoms with Crippen molar-refractivity contribution >= 4 is 5.97 Å². The van der Waals surface area contributed by atoms with Gasteiger partial charge in [0.25, 0.3) is 0 Å². The Hall–Kier alpha value is 0.0643. The number of ether oxygens (including phenoxy) is 1. The van der Waals surface area contributed by atoms with Gasteiger partial charge in [0.2, 0.25) is 0 Å². The molecule has 72 valence electrons. The van der Waals surface area contributed by atoms with Crippen LogP contribution >= 0.6 is 0 Å². The molecule has 0 aromatic carbocycles. The van der Waals surface area contributed by atoms with Crippen LogP contribution in [0.4, 0.5) is 0 Å². The monoisotopic (exact) mass is 214 g/mol. The number of rotatable bonds is 5. The van der Waals surface area contributed by atoms with Gasteiger partial charge < -0.3 is 0 Å². The Morgan fingerprint density at radius 1 is 1.17 bits per heavy atom. The summed E-state index contributed by atoms with van der Waals surface area (Å²) in [5.41, 5.74) is 0. The molecule has 0 aromatic heterocycles. The molecule has 5 nitrogen and oxygen atoms in total. The molecule has 0 fully saturated rings. The van der Waals surface area contributed by atoms with Gasteiger partial charge in [-0.05, 0) is 0 Å². The molecule has 0 saturated carbocycles. The molecule has 0 heterocycles. The van der Waals surface area contributed by atoms with Gasteiger partial charge in [-0.25, -0.2) is 0 Å². The van der Waals surface area contributed by atoms with Crippen LogP contribution in [0.25, 0.3) is 0 Å². The molecule has 0 bridgehead atoms. The number of esters is 1. The Morgan fingerprint density at radius 3 is 1.83 bits per heavy atom. The van der Waals surface area contributed by atoms with Crippen molar-refractivity contribution < 1.29 is 37.2 Å². The van der Waals surface area contributed by atoms with Gasteiger partial charge in [-0.3, -0.25) is 0 Å². The van der Waals surface area contributed by atoms with Crippen LogP contribution in [0.3, 0.4) is 0 Å². The zero-order valence-corrected chi connectivity index (χ0v) is 9.31. The van der Waals surface area contributed by atoms with Gasteiger partial charge >= 0.3 is 76.4 Å². The minimum absolute atomic E-state index is 0.0961. The second kappa shape index (κ2) is 5.67. The van der Waals surface area contributed by atoms with Crippen molar-refractivity contribution in [2.45, 2.75) is 6.92 Å². The summed E-state index contributed by atoms with van der Waals surface area (Å²) in [6.07, 6.45) is 0. The number of hydrogen-bond donors (Lipinski definition) is 0. The van der Waals surface area contributed by atoms with E-state index in [9.17, 15) is 4.79 Å². The Labute approximate surface area is 76.7 Å². The van der Waals surface area contributed by atoms with Crippen LogP contribution in [0, 0.1) is 0 Å². The molecule has 0 saturated heterocycles. The van der Waals surface area contributed by atoms with Crippen molar-refractivity contribution in [2.75, 3.05) is 26.2 Å². The van der Waals surface area contributed by atoms with Gasteiger partial charge in [0.15, 0.2) is 0 Å². The molecule has 0 unspecified atom stereocenters. The van der Waals surface area contributed by atoms with Crippen molar-refractivity contribution in [3.05, 3.63) is 0 Å². The second-order valence-corrected chi connectivity index (χ2v) is 6.57. The Balaban J connectivity index is 4.01. The van der Waals surface area contributed by atoms with E-state index in [1.807, 2.05) is 0 Å². The fourth-order valence-corrected chi connectivity index (χ4v) is 2.54. The van der Waals surface area contributed by atoms with Crippen molar-refractivity contribution in [3.63, 3.8) is 0 Å². The maximum absolute atomic E-state index is 10.5. The molecule has 0 aliphatic carbocycles. The van der Waals surface area contributed by atoms with Crippen LogP contribution in [0.1, 0.15) is 6.92 Å². The molecule has 0 N–H and O–H groups in total. The minimum atomic E-state index is -3.23. The average Bonchev–Trinajstić information content (AvgIpc) is 2.08. The predicted octanol–water partition coefficient (Wildman–Crippen LogP) is 0.345. The molecule has 0 rings (SSSR count). The average molecular weight is 214 g/mol. The Kier molecular flexibility index (Phi) is 5.70. The van der Waals surface area contributed by atoms with Crippen LogP contribution in [0.5, 0.6) is 0 Å². The quantitative estimate of drug-likeness (QED) is 0.488. The molecule has 6 heteroatoms.